The summed E-state index contributed by atoms with van der Waals surface area (Å²) in [6, 6.07) is 8.47. The number of aryl methyl sites for hydroxylation is 1. The Balaban J connectivity index is 2.23. The van der Waals surface area contributed by atoms with E-state index in [1.54, 1.807) is 0 Å². The van der Waals surface area contributed by atoms with Gasteiger partial charge in [-0.05, 0) is 30.4 Å². The van der Waals surface area contributed by atoms with Crippen LogP contribution in [0.3, 0.4) is 0 Å². The molecule has 88 valence electrons. The molecule has 0 saturated heterocycles. The molecule has 0 radical (unpaired) electrons. The summed E-state index contributed by atoms with van der Waals surface area (Å²) in [7, 11) is 0. The number of hydrogen-bond acceptors (Lipinski definition) is 2. The first-order chi connectivity index (χ1) is 7.86. The monoisotopic (exact) mass is 219 g/mol. The molecule has 0 fully saturated rings. The van der Waals surface area contributed by atoms with Crippen molar-refractivity contribution in [2.45, 2.75) is 46.1 Å². The molecule has 0 unspecified atom stereocenters. The quantitative estimate of drug-likeness (QED) is 0.386. The second kappa shape index (κ2) is 7.91. The highest BCUT2D eigenvalue weighted by atomic mass is 16.6. The average molecular weight is 219 g/mol. The molecule has 0 heterocycles. The molecule has 0 aliphatic heterocycles. The number of oxime groups is 1. The van der Waals surface area contributed by atoms with E-state index < -0.39 is 0 Å². The molecule has 1 rings (SSSR count). The molecule has 0 aliphatic carbocycles. The molecular formula is C14H21NO. The average Bonchev–Trinajstić information content (AvgIpc) is 2.34. The van der Waals surface area contributed by atoms with Gasteiger partial charge in [-0.2, -0.15) is 0 Å². The third-order valence-corrected chi connectivity index (χ3v) is 2.50. The van der Waals surface area contributed by atoms with Gasteiger partial charge in [0.05, 0.1) is 0 Å². The molecule has 0 atom stereocenters. The maximum Gasteiger partial charge on any atom is 0.142 e. The van der Waals surface area contributed by atoms with Crippen molar-refractivity contribution in [2.75, 3.05) is 0 Å². The highest BCUT2D eigenvalue weighted by Crippen LogP contribution is 2.06. The Kier molecular flexibility index (Phi) is 6.31. The molecule has 0 N–H and O–H groups in total. The summed E-state index contributed by atoms with van der Waals surface area (Å²) in [6.45, 7) is 4.89. The Morgan fingerprint density at radius 2 is 1.81 bits per heavy atom. The summed E-state index contributed by atoms with van der Waals surface area (Å²) in [4.78, 5) is 5.21. The van der Waals surface area contributed by atoms with Crippen molar-refractivity contribution in [3.63, 3.8) is 0 Å². The van der Waals surface area contributed by atoms with Crippen molar-refractivity contribution in [3.8, 4) is 0 Å². The van der Waals surface area contributed by atoms with Gasteiger partial charge in [-0.15, -0.1) is 0 Å². The van der Waals surface area contributed by atoms with Gasteiger partial charge in [0, 0.05) is 6.21 Å². The lowest BCUT2D eigenvalue weighted by Gasteiger charge is -2.01. The first-order valence-electron chi connectivity index (χ1n) is 6.08. The Hall–Kier alpha value is -1.31. The predicted octanol–water partition coefficient (Wildman–Crippen LogP) is 3.94. The lowest BCUT2D eigenvalue weighted by atomic mass is 10.1. The molecule has 0 aliphatic rings. The van der Waals surface area contributed by atoms with Crippen LogP contribution in [0.1, 0.15) is 44.2 Å². The molecule has 0 bridgehead atoms. The minimum Gasteiger partial charge on any atom is -0.391 e. The fourth-order valence-corrected chi connectivity index (χ4v) is 1.38. The van der Waals surface area contributed by atoms with Crippen LogP contribution in [0.25, 0.3) is 0 Å². The van der Waals surface area contributed by atoms with Crippen LogP contribution in [0.2, 0.25) is 0 Å². The van der Waals surface area contributed by atoms with E-state index in [1.807, 2.05) is 6.21 Å². The van der Waals surface area contributed by atoms with Crippen molar-refractivity contribution in [1.29, 1.82) is 0 Å². The van der Waals surface area contributed by atoms with Crippen molar-refractivity contribution in [1.82, 2.24) is 0 Å². The van der Waals surface area contributed by atoms with Gasteiger partial charge < -0.3 is 4.84 Å². The van der Waals surface area contributed by atoms with Gasteiger partial charge in [0.1, 0.15) is 6.61 Å². The van der Waals surface area contributed by atoms with Crippen LogP contribution >= 0.6 is 0 Å². The smallest absolute Gasteiger partial charge is 0.142 e. The lowest BCUT2D eigenvalue weighted by Crippen LogP contribution is -1.88. The molecule has 0 saturated carbocycles. The third-order valence-electron chi connectivity index (χ3n) is 2.50. The molecule has 2 nitrogen and oxygen atoms in total. The zero-order valence-electron chi connectivity index (χ0n) is 10.3. The summed E-state index contributed by atoms with van der Waals surface area (Å²) in [6.07, 6.45) is 6.31. The predicted molar refractivity (Wildman–Crippen MR) is 68.6 cm³/mol. The molecule has 16 heavy (non-hydrogen) atoms. The van der Waals surface area contributed by atoms with Crippen molar-refractivity contribution < 1.29 is 4.84 Å². The highest BCUT2D eigenvalue weighted by Gasteiger charge is 1.92. The van der Waals surface area contributed by atoms with Crippen LogP contribution < -0.4 is 0 Å². The van der Waals surface area contributed by atoms with Crippen molar-refractivity contribution >= 4 is 6.21 Å². The topological polar surface area (TPSA) is 21.6 Å². The number of benzene rings is 1. The Morgan fingerprint density at radius 1 is 1.12 bits per heavy atom. The Bertz CT molecular complexity index is 303. The zero-order valence-corrected chi connectivity index (χ0v) is 10.3. The van der Waals surface area contributed by atoms with Crippen molar-refractivity contribution in [2.24, 2.45) is 5.16 Å². The van der Waals surface area contributed by atoms with E-state index in [2.05, 4.69) is 43.3 Å². The molecule has 0 amide bonds. The van der Waals surface area contributed by atoms with Crippen molar-refractivity contribution in [3.05, 3.63) is 35.4 Å². The van der Waals surface area contributed by atoms with Crippen LogP contribution in [-0.4, -0.2) is 6.21 Å². The van der Waals surface area contributed by atoms with Gasteiger partial charge in [-0.25, -0.2) is 0 Å². The summed E-state index contributed by atoms with van der Waals surface area (Å²) in [5.41, 5.74) is 2.53. The maximum atomic E-state index is 5.21. The second-order valence-electron chi connectivity index (χ2n) is 3.87. The number of unbranched alkanes of at least 4 members (excludes halogenated alkanes) is 2. The normalized spacial score (nSPS) is 10.9. The summed E-state index contributed by atoms with van der Waals surface area (Å²) < 4.78 is 0. The van der Waals surface area contributed by atoms with Gasteiger partial charge in [-0.3, -0.25) is 0 Å². The van der Waals surface area contributed by atoms with Crippen LogP contribution in [0, 0.1) is 0 Å². The number of rotatable bonds is 7. The maximum absolute atomic E-state index is 5.21. The summed E-state index contributed by atoms with van der Waals surface area (Å²) in [5.74, 6) is 0. The standard InChI is InChI=1S/C14H21NO/c1-3-5-6-11-15-16-12-14-9-7-13(4-2)8-10-14/h7-11H,3-6,12H2,1-2H3. The fraction of sp³-hybridized carbons (Fsp3) is 0.500. The summed E-state index contributed by atoms with van der Waals surface area (Å²) in [5, 5.41) is 3.92. The Labute approximate surface area is 98.3 Å². The van der Waals surface area contributed by atoms with Gasteiger partial charge >= 0.3 is 0 Å². The second-order valence-corrected chi connectivity index (χ2v) is 3.87. The minimum atomic E-state index is 0.562. The van der Waals surface area contributed by atoms with E-state index in [0.717, 1.165) is 12.8 Å². The molecule has 0 spiro atoms. The number of nitrogens with zero attached hydrogens (tertiary/aromatic N) is 1. The van der Waals surface area contributed by atoms with Crippen LogP contribution in [0.5, 0.6) is 0 Å². The molecule has 1 aromatic rings. The number of hydrogen-bond donors (Lipinski definition) is 0. The molecule has 0 aromatic heterocycles. The summed E-state index contributed by atoms with van der Waals surface area (Å²) >= 11 is 0. The fourth-order valence-electron chi connectivity index (χ4n) is 1.38. The third kappa shape index (κ3) is 4.96. The van der Waals surface area contributed by atoms with Gasteiger partial charge in [0.15, 0.2) is 0 Å². The van der Waals surface area contributed by atoms with E-state index in [1.165, 1.54) is 24.0 Å². The van der Waals surface area contributed by atoms with Crippen LogP contribution in [-0.2, 0) is 17.9 Å². The minimum absolute atomic E-state index is 0.562. The Morgan fingerprint density at radius 3 is 2.44 bits per heavy atom. The molecule has 1 aromatic carbocycles. The van der Waals surface area contributed by atoms with E-state index >= 15 is 0 Å². The first kappa shape index (κ1) is 12.8. The van der Waals surface area contributed by atoms with Gasteiger partial charge in [0.25, 0.3) is 0 Å². The van der Waals surface area contributed by atoms with E-state index in [-0.39, 0.29) is 0 Å². The van der Waals surface area contributed by atoms with Crippen LogP contribution in [0.15, 0.2) is 29.4 Å². The zero-order chi connectivity index (χ0) is 11.6. The molecule has 2 heteroatoms. The van der Waals surface area contributed by atoms with Gasteiger partial charge in [-0.1, -0.05) is 49.7 Å². The van der Waals surface area contributed by atoms with E-state index in [4.69, 9.17) is 4.84 Å². The lowest BCUT2D eigenvalue weighted by molar-refractivity contribution is 0.131. The molecular weight excluding hydrogens is 198 g/mol. The first-order valence-corrected chi connectivity index (χ1v) is 6.08. The largest absolute Gasteiger partial charge is 0.391 e. The van der Waals surface area contributed by atoms with E-state index in [0.29, 0.717) is 6.61 Å². The van der Waals surface area contributed by atoms with Crippen LogP contribution in [0.4, 0.5) is 0 Å². The van der Waals surface area contributed by atoms with E-state index in [9.17, 15) is 0 Å². The SMILES string of the molecule is CCCCC=NOCc1ccc(CC)cc1. The van der Waals surface area contributed by atoms with Gasteiger partial charge in [0.2, 0.25) is 0 Å². The highest BCUT2D eigenvalue weighted by molar-refractivity contribution is 5.56.